The first-order valence-corrected chi connectivity index (χ1v) is 7.73. The van der Waals surface area contributed by atoms with Gasteiger partial charge in [0.15, 0.2) is 0 Å². The number of hydrogen-bond donors (Lipinski definition) is 1. The normalized spacial score (nSPS) is 10.4. The molecule has 3 rings (SSSR count). The second kappa shape index (κ2) is 7.41. The number of hydrogen-bond acceptors (Lipinski definition) is 4. The minimum atomic E-state index is -0.277. The third-order valence-corrected chi connectivity index (χ3v) is 3.43. The second-order valence-corrected chi connectivity index (χ2v) is 5.10. The van der Waals surface area contributed by atoms with Gasteiger partial charge >= 0.3 is 0 Å². The van der Waals surface area contributed by atoms with E-state index in [1.807, 2.05) is 37.3 Å². The monoisotopic (exact) mass is 322 g/mol. The number of ether oxygens (including phenoxy) is 1. The maximum atomic E-state index is 12.5. The molecule has 0 aliphatic heterocycles. The van der Waals surface area contributed by atoms with E-state index in [0.29, 0.717) is 30.4 Å². The molecule has 0 unspecified atom stereocenters. The van der Waals surface area contributed by atoms with Crippen LogP contribution in [-0.4, -0.2) is 27.3 Å². The summed E-state index contributed by atoms with van der Waals surface area (Å²) in [6.07, 6.45) is 3.26. The van der Waals surface area contributed by atoms with Crippen molar-refractivity contribution in [2.45, 2.75) is 13.5 Å². The maximum absolute atomic E-state index is 12.5. The number of nitrogens with one attached hydrogen (secondary N) is 1. The molecule has 1 aromatic carbocycles. The Labute approximate surface area is 140 Å². The van der Waals surface area contributed by atoms with Crippen molar-refractivity contribution in [3.8, 4) is 5.88 Å². The van der Waals surface area contributed by atoms with Gasteiger partial charge in [-0.25, -0.2) is 9.67 Å². The molecule has 1 N–H and O–H groups in total. The summed E-state index contributed by atoms with van der Waals surface area (Å²) in [5.74, 6) is 0.670. The van der Waals surface area contributed by atoms with E-state index >= 15 is 0 Å². The van der Waals surface area contributed by atoms with Crippen LogP contribution in [0.5, 0.6) is 5.88 Å². The minimum absolute atomic E-state index is 0.277. The Hall–Kier alpha value is -3.15. The Morgan fingerprint density at radius 1 is 1.12 bits per heavy atom. The Morgan fingerprint density at radius 2 is 1.96 bits per heavy atom. The maximum Gasteiger partial charge on any atom is 0.262 e. The van der Waals surface area contributed by atoms with Crippen LogP contribution in [0.3, 0.4) is 0 Å². The van der Waals surface area contributed by atoms with Crippen molar-refractivity contribution in [3.05, 3.63) is 72.1 Å². The lowest BCUT2D eigenvalue weighted by molar-refractivity contribution is 0.102. The molecule has 0 spiro atoms. The molecule has 1 amide bonds. The fraction of sp³-hybridized carbons (Fsp3) is 0.167. The van der Waals surface area contributed by atoms with E-state index in [1.54, 1.807) is 35.3 Å². The number of carbonyl (C=O) groups is 1. The van der Waals surface area contributed by atoms with Gasteiger partial charge in [0.1, 0.15) is 11.4 Å². The van der Waals surface area contributed by atoms with Gasteiger partial charge in [-0.1, -0.05) is 30.3 Å². The van der Waals surface area contributed by atoms with Gasteiger partial charge in [0.2, 0.25) is 5.88 Å². The molecular formula is C18H18N4O2. The van der Waals surface area contributed by atoms with Crippen LogP contribution in [0.15, 0.2) is 60.9 Å². The molecule has 6 nitrogen and oxygen atoms in total. The largest absolute Gasteiger partial charge is 0.477 e. The van der Waals surface area contributed by atoms with Crippen molar-refractivity contribution < 1.29 is 9.53 Å². The molecule has 0 saturated carbocycles. The lowest BCUT2D eigenvalue weighted by Gasteiger charge is -2.11. The van der Waals surface area contributed by atoms with Crippen LogP contribution in [-0.2, 0) is 6.54 Å². The van der Waals surface area contributed by atoms with Crippen molar-refractivity contribution >= 4 is 11.7 Å². The number of pyridine rings is 1. The topological polar surface area (TPSA) is 69.0 Å². The van der Waals surface area contributed by atoms with Crippen LogP contribution in [0.2, 0.25) is 0 Å². The summed E-state index contributed by atoms with van der Waals surface area (Å²) in [6.45, 7) is 2.88. The van der Waals surface area contributed by atoms with Crippen molar-refractivity contribution in [2.24, 2.45) is 0 Å². The number of aromatic nitrogens is 3. The first kappa shape index (κ1) is 15.7. The van der Waals surface area contributed by atoms with Crippen molar-refractivity contribution in [1.82, 2.24) is 14.8 Å². The zero-order valence-corrected chi connectivity index (χ0v) is 13.3. The van der Waals surface area contributed by atoms with E-state index < -0.39 is 0 Å². The van der Waals surface area contributed by atoms with Gasteiger partial charge in [-0.15, -0.1) is 0 Å². The van der Waals surface area contributed by atoms with Gasteiger partial charge in [0.25, 0.3) is 5.91 Å². The number of carbonyl (C=O) groups excluding carboxylic acids is 1. The highest BCUT2D eigenvalue weighted by Crippen LogP contribution is 2.17. The van der Waals surface area contributed by atoms with E-state index in [0.717, 1.165) is 5.56 Å². The zero-order valence-electron chi connectivity index (χ0n) is 13.3. The number of rotatable bonds is 6. The Balaban J connectivity index is 1.78. The number of nitrogens with zero attached hydrogens (tertiary/aromatic N) is 3. The highest BCUT2D eigenvalue weighted by atomic mass is 16.5. The molecule has 2 heterocycles. The summed E-state index contributed by atoms with van der Waals surface area (Å²) < 4.78 is 7.15. The predicted molar refractivity (Wildman–Crippen MR) is 91.1 cm³/mol. The van der Waals surface area contributed by atoms with Gasteiger partial charge in [-0.05, 0) is 24.6 Å². The smallest absolute Gasteiger partial charge is 0.262 e. The van der Waals surface area contributed by atoms with Crippen LogP contribution in [0, 0.1) is 0 Å². The van der Waals surface area contributed by atoms with Crippen LogP contribution in [0.1, 0.15) is 22.8 Å². The second-order valence-electron chi connectivity index (χ2n) is 5.10. The molecule has 3 aromatic rings. The summed E-state index contributed by atoms with van der Waals surface area (Å²) in [5.41, 5.74) is 1.50. The zero-order chi connectivity index (χ0) is 16.8. The van der Waals surface area contributed by atoms with Crippen molar-refractivity contribution in [2.75, 3.05) is 11.9 Å². The molecule has 122 valence electrons. The molecule has 2 aromatic heterocycles. The minimum Gasteiger partial charge on any atom is -0.477 e. The lowest BCUT2D eigenvalue weighted by Crippen LogP contribution is -2.17. The van der Waals surface area contributed by atoms with Gasteiger partial charge in [-0.2, -0.15) is 5.10 Å². The first-order valence-electron chi connectivity index (χ1n) is 7.73. The lowest BCUT2D eigenvalue weighted by atomic mass is 10.2. The first-order chi connectivity index (χ1) is 11.8. The van der Waals surface area contributed by atoms with Crippen LogP contribution >= 0.6 is 0 Å². The molecule has 24 heavy (non-hydrogen) atoms. The van der Waals surface area contributed by atoms with Crippen molar-refractivity contribution in [3.63, 3.8) is 0 Å². The van der Waals surface area contributed by atoms with Gasteiger partial charge in [0, 0.05) is 12.3 Å². The summed E-state index contributed by atoms with van der Waals surface area (Å²) >= 11 is 0. The van der Waals surface area contributed by atoms with Crippen LogP contribution in [0.25, 0.3) is 0 Å². The van der Waals surface area contributed by atoms with E-state index in [1.165, 1.54) is 0 Å². The molecule has 0 aliphatic rings. The molecule has 6 heteroatoms. The molecule has 0 fully saturated rings. The Kier molecular flexibility index (Phi) is 4.86. The molecule has 0 saturated heterocycles. The van der Waals surface area contributed by atoms with Gasteiger partial charge in [0.05, 0.1) is 19.3 Å². The molecular weight excluding hydrogens is 304 g/mol. The fourth-order valence-electron chi connectivity index (χ4n) is 2.32. The Morgan fingerprint density at radius 3 is 2.75 bits per heavy atom. The third kappa shape index (κ3) is 3.60. The van der Waals surface area contributed by atoms with Crippen LogP contribution in [0.4, 0.5) is 5.82 Å². The summed E-state index contributed by atoms with van der Waals surface area (Å²) in [7, 11) is 0. The molecule has 0 bridgehead atoms. The number of benzene rings is 1. The van der Waals surface area contributed by atoms with Crippen molar-refractivity contribution in [1.29, 1.82) is 0 Å². The highest BCUT2D eigenvalue weighted by Gasteiger charge is 2.15. The average molecular weight is 322 g/mol. The summed E-state index contributed by atoms with van der Waals surface area (Å²) in [6, 6.07) is 15.1. The number of amides is 1. The van der Waals surface area contributed by atoms with E-state index in [9.17, 15) is 4.79 Å². The van der Waals surface area contributed by atoms with Gasteiger partial charge in [-0.3, -0.25) is 4.79 Å². The van der Waals surface area contributed by atoms with Gasteiger partial charge < -0.3 is 10.1 Å². The predicted octanol–water partition coefficient (Wildman–Crippen LogP) is 2.98. The molecule has 0 radical (unpaired) electrons. The van der Waals surface area contributed by atoms with Crippen LogP contribution < -0.4 is 10.1 Å². The summed E-state index contributed by atoms with van der Waals surface area (Å²) in [4.78, 5) is 16.6. The fourth-order valence-corrected chi connectivity index (χ4v) is 2.32. The molecule has 0 aliphatic carbocycles. The molecule has 0 atom stereocenters. The van der Waals surface area contributed by atoms with E-state index in [4.69, 9.17) is 4.74 Å². The van der Waals surface area contributed by atoms with E-state index in [-0.39, 0.29) is 5.91 Å². The Bertz CT molecular complexity index is 815. The SMILES string of the molecule is CCOc1ncccc1C(=O)Nc1ccnn1Cc1ccccc1. The highest BCUT2D eigenvalue weighted by molar-refractivity contribution is 6.05. The van der Waals surface area contributed by atoms with E-state index in [2.05, 4.69) is 15.4 Å². The summed E-state index contributed by atoms with van der Waals surface area (Å²) in [5, 5.41) is 7.14. The third-order valence-electron chi connectivity index (χ3n) is 3.43. The standard InChI is InChI=1S/C18H18N4O2/c1-2-24-18-15(9-6-11-19-18)17(23)21-16-10-12-20-22(16)13-14-7-4-3-5-8-14/h3-12H,2,13H2,1H3,(H,21,23). The quantitative estimate of drug-likeness (QED) is 0.757. The average Bonchev–Trinajstić information content (AvgIpc) is 3.03. The number of anilines is 1.